The third kappa shape index (κ3) is 3.95. The number of benzene rings is 2. The number of amides is 1. The van der Waals surface area contributed by atoms with E-state index in [1.165, 1.54) is 16.3 Å². The Hall–Kier alpha value is -2.09. The molecular weight excluding hydrogens is 388 g/mol. The number of likely N-dealkylation sites (N-methyl/N-ethyl adjacent to an activating group) is 1. The van der Waals surface area contributed by atoms with Crippen LogP contribution in [0.1, 0.15) is 12.0 Å². The average Bonchev–Trinajstić information content (AvgIpc) is 3.14. The highest BCUT2D eigenvalue weighted by Crippen LogP contribution is 2.28. The van der Waals surface area contributed by atoms with E-state index < -0.39 is 16.1 Å². The molecule has 1 fully saturated rings. The zero-order valence-electron chi connectivity index (χ0n) is 15.1. The average molecular weight is 409 g/mol. The highest BCUT2D eigenvalue weighted by atomic mass is 35.5. The van der Waals surface area contributed by atoms with Crippen LogP contribution in [0.3, 0.4) is 0 Å². The van der Waals surface area contributed by atoms with Crippen molar-refractivity contribution in [3.8, 4) is 11.1 Å². The molecule has 0 bridgehead atoms. The third-order valence-corrected chi connectivity index (χ3v) is 7.26. The molecule has 0 unspecified atom stereocenters. The van der Waals surface area contributed by atoms with Crippen LogP contribution in [0.4, 0.5) is 4.79 Å². The minimum Gasteiger partial charge on any atom is -0.465 e. The number of sulfonamides is 1. The second-order valence-corrected chi connectivity index (χ2v) is 9.03. The molecule has 6 nitrogen and oxygen atoms in total. The second-order valence-electron chi connectivity index (χ2n) is 6.69. The zero-order valence-corrected chi connectivity index (χ0v) is 16.7. The highest BCUT2D eigenvalue weighted by molar-refractivity contribution is 7.89. The van der Waals surface area contributed by atoms with Crippen LogP contribution in [0.15, 0.2) is 47.4 Å². The molecule has 2 aromatic rings. The maximum atomic E-state index is 12.9. The summed E-state index contributed by atoms with van der Waals surface area (Å²) in [6.45, 7) is 2.40. The highest BCUT2D eigenvalue weighted by Gasteiger charge is 2.35. The predicted molar refractivity (Wildman–Crippen MR) is 105 cm³/mol. The number of aryl methyl sites for hydroxylation is 1. The van der Waals surface area contributed by atoms with Gasteiger partial charge >= 0.3 is 6.09 Å². The van der Waals surface area contributed by atoms with Gasteiger partial charge in [0.25, 0.3) is 0 Å². The lowest BCUT2D eigenvalue weighted by Gasteiger charge is -2.22. The lowest BCUT2D eigenvalue weighted by atomic mass is 10.0. The maximum Gasteiger partial charge on any atom is 0.407 e. The largest absolute Gasteiger partial charge is 0.465 e. The van der Waals surface area contributed by atoms with Gasteiger partial charge in [-0.25, -0.2) is 13.2 Å². The van der Waals surface area contributed by atoms with Gasteiger partial charge in [-0.2, -0.15) is 4.31 Å². The Labute approximate surface area is 164 Å². The summed E-state index contributed by atoms with van der Waals surface area (Å²) in [6.07, 6.45) is -0.564. The Balaban J connectivity index is 1.80. The predicted octanol–water partition coefficient (Wildman–Crippen LogP) is 3.69. The standard InChI is InChI=1S/C19H21ClN2O4S/c1-13-11-15(5-8-18(13)20)14-3-6-17(7-4-14)27(25,26)22-10-9-16(12-22)21(2)19(23)24/h3-8,11,16H,9-10,12H2,1-2H3,(H,23,24)/t16-/m1/s1. The molecule has 1 atom stereocenters. The van der Waals surface area contributed by atoms with Gasteiger partial charge in [0, 0.05) is 31.2 Å². The lowest BCUT2D eigenvalue weighted by molar-refractivity contribution is 0.140. The summed E-state index contributed by atoms with van der Waals surface area (Å²) in [4.78, 5) is 12.5. The first-order valence-electron chi connectivity index (χ1n) is 8.52. The fourth-order valence-electron chi connectivity index (χ4n) is 3.19. The number of carbonyl (C=O) groups is 1. The van der Waals surface area contributed by atoms with Crippen LogP contribution in [0, 0.1) is 6.92 Å². The number of halogens is 1. The van der Waals surface area contributed by atoms with E-state index in [0.29, 0.717) is 18.0 Å². The Kier molecular flexibility index (Phi) is 5.46. The first-order valence-corrected chi connectivity index (χ1v) is 10.3. The minimum absolute atomic E-state index is 0.170. The van der Waals surface area contributed by atoms with Crippen LogP contribution in [0.2, 0.25) is 5.02 Å². The number of hydrogen-bond acceptors (Lipinski definition) is 3. The molecule has 3 rings (SSSR count). The molecule has 8 heteroatoms. The van der Waals surface area contributed by atoms with Crippen LogP contribution >= 0.6 is 11.6 Å². The SMILES string of the molecule is Cc1cc(-c2ccc(S(=O)(=O)N3CC[C@@H](N(C)C(=O)O)C3)cc2)ccc1Cl. The molecule has 0 saturated carbocycles. The third-order valence-electron chi connectivity index (χ3n) is 4.96. The van der Waals surface area contributed by atoms with E-state index in [0.717, 1.165) is 16.7 Å². The van der Waals surface area contributed by atoms with E-state index in [1.54, 1.807) is 24.3 Å². The van der Waals surface area contributed by atoms with Crippen molar-refractivity contribution < 1.29 is 18.3 Å². The van der Waals surface area contributed by atoms with Crippen molar-refractivity contribution in [3.63, 3.8) is 0 Å². The van der Waals surface area contributed by atoms with Gasteiger partial charge in [0.15, 0.2) is 0 Å². The smallest absolute Gasteiger partial charge is 0.407 e. The van der Waals surface area contributed by atoms with Gasteiger partial charge in [-0.05, 0) is 54.3 Å². The molecule has 2 aromatic carbocycles. The Morgan fingerprint density at radius 2 is 1.81 bits per heavy atom. The minimum atomic E-state index is -3.65. The molecule has 1 saturated heterocycles. The van der Waals surface area contributed by atoms with E-state index in [4.69, 9.17) is 16.7 Å². The Bertz CT molecular complexity index is 960. The quantitative estimate of drug-likeness (QED) is 0.836. The summed E-state index contributed by atoms with van der Waals surface area (Å²) in [5, 5.41) is 9.76. The van der Waals surface area contributed by atoms with E-state index in [2.05, 4.69) is 0 Å². The van der Waals surface area contributed by atoms with E-state index >= 15 is 0 Å². The van der Waals surface area contributed by atoms with Crippen molar-refractivity contribution in [3.05, 3.63) is 53.1 Å². The Morgan fingerprint density at radius 1 is 1.19 bits per heavy atom. The van der Waals surface area contributed by atoms with Gasteiger partial charge in [-0.3, -0.25) is 0 Å². The van der Waals surface area contributed by atoms with Crippen molar-refractivity contribution in [1.82, 2.24) is 9.21 Å². The van der Waals surface area contributed by atoms with Crippen LogP contribution in [-0.4, -0.2) is 55.0 Å². The molecule has 0 aliphatic carbocycles. The van der Waals surface area contributed by atoms with Gasteiger partial charge in [0.2, 0.25) is 10.0 Å². The molecule has 1 N–H and O–H groups in total. The van der Waals surface area contributed by atoms with Crippen molar-refractivity contribution in [2.24, 2.45) is 0 Å². The molecular formula is C19H21ClN2O4S. The molecule has 1 aliphatic rings. The lowest BCUT2D eigenvalue weighted by Crippen LogP contribution is -2.39. The molecule has 1 aliphatic heterocycles. The van der Waals surface area contributed by atoms with Gasteiger partial charge in [0.05, 0.1) is 4.90 Å². The summed E-state index contributed by atoms with van der Waals surface area (Å²) in [5.74, 6) is 0. The van der Waals surface area contributed by atoms with Crippen molar-refractivity contribution in [2.75, 3.05) is 20.1 Å². The maximum absolute atomic E-state index is 12.9. The number of nitrogens with zero attached hydrogens (tertiary/aromatic N) is 2. The van der Waals surface area contributed by atoms with E-state index in [9.17, 15) is 13.2 Å². The molecule has 0 aromatic heterocycles. The van der Waals surface area contributed by atoms with Crippen molar-refractivity contribution in [2.45, 2.75) is 24.3 Å². The van der Waals surface area contributed by atoms with Crippen LogP contribution in [0.25, 0.3) is 11.1 Å². The van der Waals surface area contributed by atoms with Crippen LogP contribution in [-0.2, 0) is 10.0 Å². The molecule has 1 amide bonds. The number of carboxylic acid groups (broad SMARTS) is 1. The van der Waals surface area contributed by atoms with Gasteiger partial charge in [0.1, 0.15) is 0 Å². The number of hydrogen-bond donors (Lipinski definition) is 1. The molecule has 27 heavy (non-hydrogen) atoms. The van der Waals surface area contributed by atoms with Gasteiger partial charge < -0.3 is 10.0 Å². The van der Waals surface area contributed by atoms with Gasteiger partial charge in [-0.1, -0.05) is 29.8 Å². The van der Waals surface area contributed by atoms with Crippen molar-refractivity contribution in [1.29, 1.82) is 0 Å². The fourth-order valence-corrected chi connectivity index (χ4v) is 4.80. The second kappa shape index (κ2) is 7.50. The summed E-state index contributed by atoms with van der Waals surface area (Å²) in [7, 11) is -2.19. The zero-order chi connectivity index (χ0) is 19.8. The normalized spacial score (nSPS) is 17.8. The molecule has 144 valence electrons. The molecule has 0 radical (unpaired) electrons. The van der Waals surface area contributed by atoms with Crippen molar-refractivity contribution >= 4 is 27.7 Å². The van der Waals surface area contributed by atoms with E-state index in [-0.39, 0.29) is 17.5 Å². The Morgan fingerprint density at radius 3 is 2.41 bits per heavy atom. The summed E-state index contributed by atoms with van der Waals surface area (Å²) in [5.41, 5.74) is 2.82. The molecule has 1 heterocycles. The first kappa shape index (κ1) is 19.7. The fraction of sp³-hybridized carbons (Fsp3) is 0.316. The molecule has 0 spiro atoms. The topological polar surface area (TPSA) is 77.9 Å². The monoisotopic (exact) mass is 408 g/mol. The van der Waals surface area contributed by atoms with Crippen LogP contribution < -0.4 is 0 Å². The summed E-state index contributed by atoms with van der Waals surface area (Å²) < 4.78 is 27.1. The van der Waals surface area contributed by atoms with Crippen LogP contribution in [0.5, 0.6) is 0 Å². The summed E-state index contributed by atoms with van der Waals surface area (Å²) >= 11 is 6.05. The van der Waals surface area contributed by atoms with Gasteiger partial charge in [-0.15, -0.1) is 0 Å². The van der Waals surface area contributed by atoms with E-state index in [1.807, 2.05) is 25.1 Å². The summed E-state index contributed by atoms with van der Waals surface area (Å²) in [6, 6.07) is 12.1. The number of rotatable bonds is 4. The first-order chi connectivity index (χ1) is 12.7.